The maximum Gasteiger partial charge on any atom is 0.225 e. The van der Waals surface area contributed by atoms with Gasteiger partial charge in [-0.25, -0.2) is 4.98 Å². The van der Waals surface area contributed by atoms with Crippen LogP contribution >= 0.6 is 0 Å². The second-order valence-electron chi connectivity index (χ2n) is 6.97. The molecular weight excluding hydrogens is 390 g/mol. The van der Waals surface area contributed by atoms with E-state index in [9.17, 15) is 4.79 Å². The highest BCUT2D eigenvalue weighted by Crippen LogP contribution is 2.25. The Morgan fingerprint density at radius 3 is 2.55 bits per heavy atom. The summed E-state index contributed by atoms with van der Waals surface area (Å²) in [4.78, 5) is 20.6. The van der Waals surface area contributed by atoms with Gasteiger partial charge in [-0.15, -0.1) is 0 Å². The lowest BCUT2D eigenvalue weighted by molar-refractivity contribution is -0.116. The standard InChI is InChI=1S/C25H23N3O3/c29-24(11-5-17-30-22-9-3-7-20-6-1-2-8-21(20)22)28-25-23(10-4-14-27-25)31-18-19-12-15-26-16-13-19/h1-4,6-10,12-16H,5,11,17-18H2,(H,27,28,29). The first-order valence-corrected chi connectivity index (χ1v) is 10.2. The summed E-state index contributed by atoms with van der Waals surface area (Å²) in [6.07, 6.45) is 5.97. The molecule has 6 heteroatoms. The van der Waals surface area contributed by atoms with Gasteiger partial charge in [-0.2, -0.15) is 0 Å². The normalized spacial score (nSPS) is 10.6. The average molecular weight is 413 g/mol. The molecule has 0 aliphatic carbocycles. The molecule has 0 fully saturated rings. The number of aromatic nitrogens is 2. The van der Waals surface area contributed by atoms with Crippen LogP contribution in [0.2, 0.25) is 0 Å². The summed E-state index contributed by atoms with van der Waals surface area (Å²) in [6, 6.07) is 21.4. The molecule has 2 heterocycles. The average Bonchev–Trinajstić information content (AvgIpc) is 2.82. The summed E-state index contributed by atoms with van der Waals surface area (Å²) < 4.78 is 11.7. The number of nitrogens with one attached hydrogen (secondary N) is 1. The topological polar surface area (TPSA) is 73.3 Å². The van der Waals surface area contributed by atoms with Gasteiger partial charge in [0, 0.05) is 30.4 Å². The van der Waals surface area contributed by atoms with Crippen molar-refractivity contribution in [1.29, 1.82) is 0 Å². The molecule has 0 atom stereocenters. The number of ether oxygens (including phenoxy) is 2. The van der Waals surface area contributed by atoms with Crippen LogP contribution in [0.25, 0.3) is 10.8 Å². The summed E-state index contributed by atoms with van der Waals surface area (Å²) in [5, 5.41) is 5.03. The van der Waals surface area contributed by atoms with E-state index >= 15 is 0 Å². The van der Waals surface area contributed by atoms with Gasteiger partial charge in [-0.3, -0.25) is 9.78 Å². The van der Waals surface area contributed by atoms with E-state index in [-0.39, 0.29) is 5.91 Å². The third-order valence-corrected chi connectivity index (χ3v) is 4.73. The van der Waals surface area contributed by atoms with Crippen LogP contribution in [0.4, 0.5) is 5.82 Å². The maximum atomic E-state index is 12.4. The van der Waals surface area contributed by atoms with Gasteiger partial charge in [-0.05, 0) is 47.7 Å². The molecule has 0 aliphatic rings. The van der Waals surface area contributed by atoms with Gasteiger partial charge in [0.25, 0.3) is 0 Å². The van der Waals surface area contributed by atoms with Crippen LogP contribution < -0.4 is 14.8 Å². The van der Waals surface area contributed by atoms with Crippen LogP contribution in [0.3, 0.4) is 0 Å². The fourth-order valence-electron chi connectivity index (χ4n) is 3.17. The highest BCUT2D eigenvalue weighted by atomic mass is 16.5. The van der Waals surface area contributed by atoms with E-state index < -0.39 is 0 Å². The van der Waals surface area contributed by atoms with Crippen molar-refractivity contribution in [2.24, 2.45) is 0 Å². The van der Waals surface area contributed by atoms with Crippen LogP contribution in [0, 0.1) is 0 Å². The number of anilines is 1. The van der Waals surface area contributed by atoms with Gasteiger partial charge in [0.1, 0.15) is 12.4 Å². The molecular formula is C25H23N3O3. The molecule has 6 nitrogen and oxygen atoms in total. The zero-order valence-electron chi connectivity index (χ0n) is 17.0. The van der Waals surface area contributed by atoms with Crippen LogP contribution in [-0.2, 0) is 11.4 Å². The Morgan fingerprint density at radius 1 is 0.839 bits per heavy atom. The minimum absolute atomic E-state index is 0.131. The second kappa shape index (κ2) is 10.2. The Balaban J connectivity index is 1.27. The molecule has 0 saturated carbocycles. The van der Waals surface area contributed by atoms with Crippen molar-refractivity contribution in [2.75, 3.05) is 11.9 Å². The number of benzene rings is 2. The van der Waals surface area contributed by atoms with Gasteiger partial charge in [0.05, 0.1) is 6.61 Å². The summed E-state index contributed by atoms with van der Waals surface area (Å²) in [5.74, 6) is 1.64. The Labute approximate surface area is 180 Å². The first-order chi connectivity index (χ1) is 15.3. The van der Waals surface area contributed by atoms with E-state index in [1.165, 1.54) is 0 Å². The van der Waals surface area contributed by atoms with Crippen LogP contribution in [-0.4, -0.2) is 22.5 Å². The smallest absolute Gasteiger partial charge is 0.225 e. The third kappa shape index (κ3) is 5.57. The van der Waals surface area contributed by atoms with Crippen molar-refractivity contribution in [3.05, 3.63) is 90.9 Å². The first kappa shape index (κ1) is 20.3. The molecule has 31 heavy (non-hydrogen) atoms. The number of carbonyl (C=O) groups is 1. The van der Waals surface area contributed by atoms with E-state index in [0.29, 0.717) is 37.6 Å². The van der Waals surface area contributed by atoms with Crippen molar-refractivity contribution in [2.45, 2.75) is 19.4 Å². The van der Waals surface area contributed by atoms with E-state index in [0.717, 1.165) is 22.1 Å². The number of amides is 1. The highest BCUT2D eigenvalue weighted by Gasteiger charge is 2.10. The van der Waals surface area contributed by atoms with Crippen molar-refractivity contribution >= 4 is 22.5 Å². The van der Waals surface area contributed by atoms with Gasteiger partial charge in [-0.1, -0.05) is 36.4 Å². The first-order valence-electron chi connectivity index (χ1n) is 10.2. The molecule has 4 aromatic rings. The largest absolute Gasteiger partial charge is 0.493 e. The van der Waals surface area contributed by atoms with E-state index in [2.05, 4.69) is 27.4 Å². The molecule has 0 radical (unpaired) electrons. The van der Waals surface area contributed by atoms with Crippen molar-refractivity contribution in [3.63, 3.8) is 0 Å². The van der Waals surface area contributed by atoms with Crippen LogP contribution in [0.5, 0.6) is 11.5 Å². The van der Waals surface area contributed by atoms with E-state index in [4.69, 9.17) is 9.47 Å². The number of pyridine rings is 2. The quantitative estimate of drug-likeness (QED) is 0.391. The molecule has 1 N–H and O–H groups in total. The van der Waals surface area contributed by atoms with Crippen molar-refractivity contribution in [1.82, 2.24) is 9.97 Å². The number of hydrogen-bond acceptors (Lipinski definition) is 5. The Morgan fingerprint density at radius 2 is 1.65 bits per heavy atom. The molecule has 2 aromatic carbocycles. The zero-order chi connectivity index (χ0) is 21.3. The summed E-state index contributed by atoms with van der Waals surface area (Å²) in [7, 11) is 0. The number of rotatable bonds is 9. The third-order valence-electron chi connectivity index (χ3n) is 4.73. The molecule has 0 spiro atoms. The van der Waals surface area contributed by atoms with Crippen molar-refractivity contribution < 1.29 is 14.3 Å². The predicted octanol–water partition coefficient (Wildman–Crippen LogP) is 5.01. The van der Waals surface area contributed by atoms with Gasteiger partial charge < -0.3 is 14.8 Å². The molecule has 0 unspecified atom stereocenters. The monoisotopic (exact) mass is 413 g/mol. The maximum absolute atomic E-state index is 12.4. The summed E-state index contributed by atoms with van der Waals surface area (Å²) >= 11 is 0. The molecule has 156 valence electrons. The Kier molecular flexibility index (Phi) is 6.70. The SMILES string of the molecule is O=C(CCCOc1cccc2ccccc12)Nc1ncccc1OCc1ccncc1. The molecule has 4 rings (SSSR count). The fraction of sp³-hybridized carbons (Fsp3) is 0.160. The molecule has 0 saturated heterocycles. The lowest BCUT2D eigenvalue weighted by Gasteiger charge is -2.12. The van der Waals surface area contributed by atoms with Crippen LogP contribution in [0.15, 0.2) is 85.3 Å². The minimum atomic E-state index is -0.131. The van der Waals surface area contributed by atoms with Crippen LogP contribution in [0.1, 0.15) is 18.4 Å². The molecule has 0 aliphatic heterocycles. The van der Waals surface area contributed by atoms with Gasteiger partial charge in [0.2, 0.25) is 5.91 Å². The number of carbonyl (C=O) groups excluding carboxylic acids is 1. The molecule has 1 amide bonds. The lowest BCUT2D eigenvalue weighted by atomic mass is 10.1. The highest BCUT2D eigenvalue weighted by molar-refractivity contribution is 5.91. The lowest BCUT2D eigenvalue weighted by Crippen LogP contribution is -2.14. The summed E-state index contributed by atoms with van der Waals surface area (Å²) in [6.45, 7) is 0.824. The van der Waals surface area contributed by atoms with Crippen molar-refractivity contribution in [3.8, 4) is 11.5 Å². The minimum Gasteiger partial charge on any atom is -0.493 e. The Hall–Kier alpha value is -3.93. The van der Waals surface area contributed by atoms with E-state index in [1.54, 1.807) is 30.7 Å². The number of hydrogen-bond donors (Lipinski definition) is 1. The second-order valence-corrected chi connectivity index (χ2v) is 6.97. The number of fused-ring (bicyclic) bond motifs is 1. The zero-order valence-corrected chi connectivity index (χ0v) is 17.0. The Bertz CT molecular complexity index is 1140. The number of nitrogens with zero attached hydrogens (tertiary/aromatic N) is 2. The predicted molar refractivity (Wildman–Crippen MR) is 120 cm³/mol. The van der Waals surface area contributed by atoms with Gasteiger partial charge >= 0.3 is 0 Å². The summed E-state index contributed by atoms with van der Waals surface area (Å²) in [5.41, 5.74) is 0.988. The van der Waals surface area contributed by atoms with Gasteiger partial charge in [0.15, 0.2) is 11.6 Å². The molecule has 2 aromatic heterocycles. The molecule has 0 bridgehead atoms. The van der Waals surface area contributed by atoms with E-state index in [1.807, 2.05) is 42.5 Å². The fourth-order valence-corrected chi connectivity index (χ4v) is 3.17.